The minimum atomic E-state index is 0.388. The molecule has 0 aliphatic rings. The Kier molecular flexibility index (Phi) is 5.29. The topological polar surface area (TPSA) is 12.5 Å². The first-order valence-electron chi connectivity index (χ1n) is 5.47. The molecule has 1 aromatic carbocycles. The molecule has 1 rings (SSSR count). The van der Waals surface area contributed by atoms with Crippen LogP contribution in [-0.2, 0) is 10.1 Å². The third kappa shape index (κ3) is 3.22. The van der Waals surface area contributed by atoms with E-state index in [0.717, 1.165) is 11.9 Å². The molecule has 0 aliphatic carbocycles. The summed E-state index contributed by atoms with van der Waals surface area (Å²) in [6.45, 7) is 5.06. The molecular weight excluding hydrogens is 266 g/mol. The van der Waals surface area contributed by atoms with Crippen LogP contribution in [0.3, 0.4) is 0 Å². The van der Waals surface area contributed by atoms with Gasteiger partial charge in [-0.05, 0) is 37.1 Å². The monoisotopic (exact) mass is 285 g/mol. The number of benzene rings is 1. The molecule has 0 aromatic heterocycles. The Hall–Kier alpha value is -0.540. The van der Waals surface area contributed by atoms with Crippen LogP contribution in [0.25, 0.3) is 0 Å². The van der Waals surface area contributed by atoms with Crippen molar-refractivity contribution in [1.29, 1.82) is 0 Å². The lowest BCUT2D eigenvalue weighted by Crippen LogP contribution is -2.32. The van der Waals surface area contributed by atoms with Gasteiger partial charge in [0, 0.05) is 31.2 Å². The molecule has 0 radical (unpaired) electrons. The van der Waals surface area contributed by atoms with Gasteiger partial charge in [0.05, 0.1) is 6.61 Å². The van der Waals surface area contributed by atoms with Gasteiger partial charge < -0.3 is 9.64 Å². The molecule has 0 N–H and O–H groups in total. The van der Waals surface area contributed by atoms with E-state index in [2.05, 4.69) is 59.9 Å². The number of nitrogens with zero attached hydrogens (tertiary/aromatic N) is 1. The van der Waals surface area contributed by atoms with Gasteiger partial charge in [-0.2, -0.15) is 0 Å². The van der Waals surface area contributed by atoms with Crippen molar-refractivity contribution in [2.45, 2.75) is 25.2 Å². The van der Waals surface area contributed by atoms with Crippen LogP contribution in [0, 0.1) is 6.92 Å². The zero-order chi connectivity index (χ0) is 12.1. The summed E-state index contributed by atoms with van der Waals surface area (Å²) < 4.78 is 5.17. The van der Waals surface area contributed by atoms with E-state index in [9.17, 15) is 0 Å². The lowest BCUT2D eigenvalue weighted by molar-refractivity contribution is 0.183. The van der Waals surface area contributed by atoms with E-state index in [1.807, 2.05) is 0 Å². The van der Waals surface area contributed by atoms with Crippen molar-refractivity contribution in [1.82, 2.24) is 0 Å². The highest BCUT2D eigenvalue weighted by atomic mass is 79.9. The first-order valence-corrected chi connectivity index (χ1v) is 6.59. The fourth-order valence-corrected chi connectivity index (χ4v) is 2.29. The maximum atomic E-state index is 5.17. The van der Waals surface area contributed by atoms with Gasteiger partial charge in [0.1, 0.15) is 0 Å². The fraction of sp³-hybridized carbons (Fsp3) is 0.538. The number of aryl methyl sites for hydroxylation is 1. The highest BCUT2D eigenvalue weighted by Gasteiger charge is 2.10. The Morgan fingerprint density at radius 2 is 2.12 bits per heavy atom. The van der Waals surface area contributed by atoms with Gasteiger partial charge in [0.25, 0.3) is 0 Å². The summed E-state index contributed by atoms with van der Waals surface area (Å²) in [6.07, 6.45) is 0. The van der Waals surface area contributed by atoms with Crippen molar-refractivity contribution >= 4 is 21.6 Å². The van der Waals surface area contributed by atoms with Crippen molar-refractivity contribution in [2.75, 3.05) is 25.7 Å². The molecule has 0 spiro atoms. The summed E-state index contributed by atoms with van der Waals surface area (Å²) >= 11 is 3.49. The molecule has 0 heterocycles. The Morgan fingerprint density at radius 1 is 1.44 bits per heavy atom. The Bertz CT molecular complexity index is 341. The largest absolute Gasteiger partial charge is 0.383 e. The molecule has 3 heteroatoms. The smallest absolute Gasteiger partial charge is 0.0663 e. The van der Waals surface area contributed by atoms with Gasteiger partial charge in [-0.3, -0.25) is 0 Å². The number of rotatable bonds is 5. The third-order valence-corrected chi connectivity index (χ3v) is 3.55. The minimum Gasteiger partial charge on any atom is -0.383 e. The zero-order valence-corrected chi connectivity index (χ0v) is 12.0. The lowest BCUT2D eigenvalue weighted by atomic mass is 10.1. The summed E-state index contributed by atoms with van der Waals surface area (Å²) in [5, 5.41) is 0.913. The normalized spacial score (nSPS) is 12.6. The maximum Gasteiger partial charge on any atom is 0.0663 e. The SMILES string of the molecule is COCC(C)N(C)c1ccc(CBr)c(C)c1. The average Bonchev–Trinajstić information content (AvgIpc) is 2.28. The fourth-order valence-electron chi connectivity index (χ4n) is 1.66. The van der Waals surface area contributed by atoms with Crippen molar-refractivity contribution < 1.29 is 4.74 Å². The Morgan fingerprint density at radius 3 is 2.62 bits per heavy atom. The molecule has 1 unspecified atom stereocenters. The first-order chi connectivity index (χ1) is 7.60. The third-order valence-electron chi connectivity index (χ3n) is 2.95. The van der Waals surface area contributed by atoms with Crippen LogP contribution in [0.4, 0.5) is 5.69 Å². The van der Waals surface area contributed by atoms with Crippen molar-refractivity contribution in [3.63, 3.8) is 0 Å². The number of anilines is 1. The zero-order valence-electron chi connectivity index (χ0n) is 10.5. The molecule has 0 bridgehead atoms. The number of likely N-dealkylation sites (N-methyl/N-ethyl adjacent to an activating group) is 1. The van der Waals surface area contributed by atoms with Gasteiger partial charge in [-0.1, -0.05) is 22.0 Å². The van der Waals surface area contributed by atoms with Crippen LogP contribution >= 0.6 is 15.9 Å². The number of hydrogen-bond donors (Lipinski definition) is 0. The second kappa shape index (κ2) is 6.26. The van der Waals surface area contributed by atoms with Crippen LogP contribution < -0.4 is 4.90 Å². The quantitative estimate of drug-likeness (QED) is 0.770. The highest BCUT2D eigenvalue weighted by molar-refractivity contribution is 9.08. The predicted molar refractivity (Wildman–Crippen MR) is 73.6 cm³/mol. The van der Waals surface area contributed by atoms with Gasteiger partial charge in [0.15, 0.2) is 0 Å². The van der Waals surface area contributed by atoms with Crippen LogP contribution in [0.1, 0.15) is 18.1 Å². The van der Waals surface area contributed by atoms with E-state index in [0.29, 0.717) is 6.04 Å². The molecule has 1 aromatic rings. The molecule has 0 amide bonds. The summed E-state index contributed by atoms with van der Waals surface area (Å²) in [5.74, 6) is 0. The van der Waals surface area contributed by atoms with Gasteiger partial charge in [-0.25, -0.2) is 0 Å². The predicted octanol–water partition coefficient (Wildman–Crippen LogP) is 3.36. The van der Waals surface area contributed by atoms with Crippen LogP contribution in [0.2, 0.25) is 0 Å². The number of halogens is 1. The molecule has 0 saturated carbocycles. The second-order valence-corrected chi connectivity index (χ2v) is 4.72. The molecule has 2 nitrogen and oxygen atoms in total. The number of alkyl halides is 1. The first kappa shape index (κ1) is 13.5. The molecule has 0 saturated heterocycles. The molecule has 1 atom stereocenters. The number of methoxy groups -OCH3 is 1. The van der Waals surface area contributed by atoms with Crippen molar-refractivity contribution in [2.24, 2.45) is 0 Å². The number of ether oxygens (including phenoxy) is 1. The standard InChI is InChI=1S/C13H20BrNO/c1-10-7-13(6-5-12(10)8-14)15(3)11(2)9-16-4/h5-7,11H,8-9H2,1-4H3. The summed E-state index contributed by atoms with van der Waals surface area (Å²) in [4.78, 5) is 2.24. The summed E-state index contributed by atoms with van der Waals surface area (Å²) in [7, 11) is 3.84. The summed E-state index contributed by atoms with van der Waals surface area (Å²) in [5.41, 5.74) is 3.91. The maximum absolute atomic E-state index is 5.17. The van der Waals surface area contributed by atoms with E-state index in [-0.39, 0.29) is 0 Å². The molecule has 0 fully saturated rings. The highest BCUT2D eigenvalue weighted by Crippen LogP contribution is 2.21. The Balaban J connectivity index is 2.84. The number of hydrogen-bond acceptors (Lipinski definition) is 2. The van der Waals surface area contributed by atoms with E-state index in [1.165, 1.54) is 16.8 Å². The van der Waals surface area contributed by atoms with Crippen molar-refractivity contribution in [3.05, 3.63) is 29.3 Å². The van der Waals surface area contributed by atoms with E-state index in [1.54, 1.807) is 7.11 Å². The van der Waals surface area contributed by atoms with Crippen LogP contribution in [0.15, 0.2) is 18.2 Å². The second-order valence-electron chi connectivity index (χ2n) is 4.16. The minimum absolute atomic E-state index is 0.388. The van der Waals surface area contributed by atoms with E-state index < -0.39 is 0 Å². The molecule has 0 aliphatic heterocycles. The van der Waals surface area contributed by atoms with E-state index in [4.69, 9.17) is 4.74 Å². The van der Waals surface area contributed by atoms with Gasteiger partial charge >= 0.3 is 0 Å². The van der Waals surface area contributed by atoms with Crippen LogP contribution in [0.5, 0.6) is 0 Å². The van der Waals surface area contributed by atoms with Gasteiger partial charge in [-0.15, -0.1) is 0 Å². The van der Waals surface area contributed by atoms with E-state index >= 15 is 0 Å². The van der Waals surface area contributed by atoms with Crippen LogP contribution in [-0.4, -0.2) is 26.8 Å². The lowest BCUT2D eigenvalue weighted by Gasteiger charge is -2.27. The molecule has 16 heavy (non-hydrogen) atoms. The molecule has 90 valence electrons. The summed E-state index contributed by atoms with van der Waals surface area (Å²) in [6, 6.07) is 6.95. The average molecular weight is 286 g/mol. The van der Waals surface area contributed by atoms with Gasteiger partial charge in [0.2, 0.25) is 0 Å². The van der Waals surface area contributed by atoms with Crippen molar-refractivity contribution in [3.8, 4) is 0 Å². The Labute approximate surface area is 107 Å². The molecular formula is C13H20BrNO.